The molecule has 2 amide bonds. The second-order valence-electron chi connectivity index (χ2n) is 7.48. The van der Waals surface area contributed by atoms with E-state index < -0.39 is 21.9 Å². The predicted molar refractivity (Wildman–Crippen MR) is 111 cm³/mol. The molecule has 0 spiro atoms. The van der Waals surface area contributed by atoms with Gasteiger partial charge in [-0.25, -0.2) is 8.42 Å². The first-order valence-electron chi connectivity index (χ1n) is 9.88. The molecule has 4 rings (SSSR count). The van der Waals surface area contributed by atoms with Gasteiger partial charge in [-0.2, -0.15) is 4.31 Å². The summed E-state index contributed by atoms with van der Waals surface area (Å²) in [6.07, 6.45) is 1.24. The number of thiophene rings is 1. The molecule has 2 aliphatic rings. The Morgan fingerprint density at radius 3 is 2.24 bits per heavy atom. The Hall–Kier alpha value is -2.03. The van der Waals surface area contributed by atoms with E-state index in [0.717, 1.165) is 10.4 Å². The molecule has 1 unspecified atom stereocenters. The van der Waals surface area contributed by atoms with Crippen molar-refractivity contribution < 1.29 is 18.0 Å². The predicted octanol–water partition coefficient (Wildman–Crippen LogP) is 3.07. The molecule has 0 radical (unpaired) electrons. The SMILES string of the molecule is CCc1ccccc1S(=O)(=O)N1C[C@@H]2C(=O)N(C(CC)c3cccs3)C(=O)[C@@H]2C1. The van der Waals surface area contributed by atoms with Crippen molar-refractivity contribution in [2.24, 2.45) is 11.8 Å². The Morgan fingerprint density at radius 2 is 1.69 bits per heavy atom. The van der Waals surface area contributed by atoms with Crippen LogP contribution in [0.2, 0.25) is 0 Å². The number of nitrogens with zero attached hydrogens (tertiary/aromatic N) is 2. The second kappa shape index (κ2) is 7.66. The molecule has 0 N–H and O–H groups in total. The highest BCUT2D eigenvalue weighted by Crippen LogP contribution is 2.41. The van der Waals surface area contributed by atoms with Gasteiger partial charge in [-0.3, -0.25) is 14.5 Å². The van der Waals surface area contributed by atoms with Gasteiger partial charge in [0, 0.05) is 18.0 Å². The lowest BCUT2D eigenvalue weighted by Gasteiger charge is -2.27. The van der Waals surface area contributed by atoms with Crippen LogP contribution in [-0.2, 0) is 26.0 Å². The molecular weight excluding hydrogens is 408 g/mol. The lowest BCUT2D eigenvalue weighted by Crippen LogP contribution is -2.40. The average molecular weight is 433 g/mol. The molecule has 154 valence electrons. The zero-order valence-electron chi connectivity index (χ0n) is 16.4. The summed E-state index contributed by atoms with van der Waals surface area (Å²) >= 11 is 1.53. The number of sulfonamides is 1. The van der Waals surface area contributed by atoms with Gasteiger partial charge in [-0.15, -0.1) is 11.3 Å². The van der Waals surface area contributed by atoms with E-state index in [4.69, 9.17) is 0 Å². The number of imide groups is 1. The molecule has 6 nitrogen and oxygen atoms in total. The first kappa shape index (κ1) is 20.3. The number of fused-ring (bicyclic) bond motifs is 1. The Bertz CT molecular complexity index is 1010. The van der Waals surface area contributed by atoms with Crippen LogP contribution in [0.3, 0.4) is 0 Å². The lowest BCUT2D eigenvalue weighted by atomic mass is 10.00. The van der Waals surface area contributed by atoms with Gasteiger partial charge in [0.2, 0.25) is 21.8 Å². The van der Waals surface area contributed by atoms with Gasteiger partial charge in [0.1, 0.15) is 0 Å². The molecule has 0 aliphatic carbocycles. The van der Waals surface area contributed by atoms with Gasteiger partial charge in [-0.05, 0) is 35.9 Å². The molecule has 3 atom stereocenters. The molecule has 3 heterocycles. The summed E-state index contributed by atoms with van der Waals surface area (Å²) in [6.45, 7) is 3.99. The number of aryl methyl sites for hydroxylation is 1. The van der Waals surface area contributed by atoms with E-state index >= 15 is 0 Å². The van der Waals surface area contributed by atoms with Crippen molar-refractivity contribution in [2.45, 2.75) is 37.6 Å². The summed E-state index contributed by atoms with van der Waals surface area (Å²) in [5, 5.41) is 1.93. The van der Waals surface area contributed by atoms with Crippen LogP contribution in [0.15, 0.2) is 46.7 Å². The van der Waals surface area contributed by atoms with E-state index in [1.54, 1.807) is 18.2 Å². The van der Waals surface area contributed by atoms with Crippen molar-refractivity contribution in [1.29, 1.82) is 0 Å². The van der Waals surface area contributed by atoms with E-state index in [2.05, 4.69) is 0 Å². The highest BCUT2D eigenvalue weighted by atomic mass is 32.2. The Kier molecular flexibility index (Phi) is 5.35. The molecule has 2 aromatic rings. The molecule has 1 aromatic heterocycles. The quantitative estimate of drug-likeness (QED) is 0.658. The third-order valence-corrected chi connectivity index (χ3v) is 8.84. The molecule has 1 aromatic carbocycles. The summed E-state index contributed by atoms with van der Waals surface area (Å²) in [7, 11) is -3.74. The number of carbonyl (C=O) groups excluding carboxylic acids is 2. The minimum atomic E-state index is -3.74. The normalized spacial score (nSPS) is 23.6. The molecule has 0 saturated carbocycles. The van der Waals surface area contributed by atoms with E-state index in [-0.39, 0.29) is 35.8 Å². The molecule has 29 heavy (non-hydrogen) atoms. The summed E-state index contributed by atoms with van der Waals surface area (Å²) in [5.41, 5.74) is 0.743. The number of benzene rings is 1. The first-order chi connectivity index (χ1) is 13.9. The number of likely N-dealkylation sites (tertiary alicyclic amines) is 1. The number of hydrogen-bond acceptors (Lipinski definition) is 5. The molecule has 0 bridgehead atoms. The highest BCUT2D eigenvalue weighted by Gasteiger charge is 2.56. The Labute approximate surface area is 175 Å². The fourth-order valence-corrected chi connectivity index (χ4v) is 7.10. The van der Waals surface area contributed by atoms with E-state index in [1.165, 1.54) is 20.5 Å². The van der Waals surface area contributed by atoms with Crippen LogP contribution in [0.1, 0.15) is 36.8 Å². The third kappa shape index (κ3) is 3.23. The highest BCUT2D eigenvalue weighted by molar-refractivity contribution is 7.89. The second-order valence-corrected chi connectivity index (χ2v) is 10.4. The van der Waals surface area contributed by atoms with Gasteiger partial charge in [0.05, 0.1) is 22.8 Å². The number of rotatable bonds is 6. The average Bonchev–Trinajstić information content (AvgIpc) is 3.44. The maximum absolute atomic E-state index is 13.2. The van der Waals surface area contributed by atoms with Gasteiger partial charge in [0.25, 0.3) is 0 Å². The Balaban J connectivity index is 1.60. The minimum absolute atomic E-state index is 0.0625. The van der Waals surface area contributed by atoms with Crippen molar-refractivity contribution in [2.75, 3.05) is 13.1 Å². The standard InChI is InChI=1S/C21H24N2O4S2/c1-3-14-8-5-6-10-19(14)29(26,27)22-12-15-16(13-22)21(25)23(20(15)24)17(4-2)18-9-7-11-28-18/h5-11,15-17H,3-4,12-13H2,1-2H3/t15-,16+,17?. The summed E-state index contributed by atoms with van der Waals surface area (Å²) < 4.78 is 27.7. The van der Waals surface area contributed by atoms with Crippen molar-refractivity contribution in [3.63, 3.8) is 0 Å². The van der Waals surface area contributed by atoms with E-state index in [1.807, 2.05) is 37.4 Å². The topological polar surface area (TPSA) is 74.8 Å². The summed E-state index contributed by atoms with van der Waals surface area (Å²) in [6, 6.07) is 10.5. The van der Waals surface area contributed by atoms with Gasteiger partial charge in [-0.1, -0.05) is 38.1 Å². The zero-order valence-corrected chi connectivity index (χ0v) is 18.1. The fourth-order valence-electron chi connectivity index (χ4n) is 4.42. The minimum Gasteiger partial charge on any atom is -0.274 e. The monoisotopic (exact) mass is 432 g/mol. The molecule has 2 aliphatic heterocycles. The molecule has 2 saturated heterocycles. The van der Waals surface area contributed by atoms with E-state index in [0.29, 0.717) is 12.8 Å². The van der Waals surface area contributed by atoms with Gasteiger partial charge < -0.3 is 0 Å². The van der Waals surface area contributed by atoms with Gasteiger partial charge in [0.15, 0.2) is 0 Å². The van der Waals surface area contributed by atoms with Crippen LogP contribution < -0.4 is 0 Å². The summed E-state index contributed by atoms with van der Waals surface area (Å²) in [4.78, 5) is 28.9. The van der Waals surface area contributed by atoms with Crippen LogP contribution in [0.25, 0.3) is 0 Å². The first-order valence-corrected chi connectivity index (χ1v) is 12.2. The number of amides is 2. The lowest BCUT2D eigenvalue weighted by molar-refractivity contribution is -0.143. The zero-order chi connectivity index (χ0) is 20.8. The largest absolute Gasteiger partial charge is 0.274 e. The number of carbonyl (C=O) groups is 2. The number of hydrogen-bond donors (Lipinski definition) is 0. The van der Waals surface area contributed by atoms with Crippen LogP contribution in [0.4, 0.5) is 0 Å². The maximum atomic E-state index is 13.2. The molecule has 2 fully saturated rings. The van der Waals surface area contributed by atoms with Crippen molar-refractivity contribution >= 4 is 33.2 Å². The Morgan fingerprint density at radius 1 is 1.03 bits per heavy atom. The van der Waals surface area contributed by atoms with Crippen LogP contribution in [0, 0.1) is 11.8 Å². The van der Waals surface area contributed by atoms with Crippen LogP contribution in [-0.4, -0.2) is 42.5 Å². The van der Waals surface area contributed by atoms with Crippen molar-refractivity contribution in [1.82, 2.24) is 9.21 Å². The van der Waals surface area contributed by atoms with Crippen molar-refractivity contribution in [3.05, 3.63) is 52.2 Å². The van der Waals surface area contributed by atoms with Crippen molar-refractivity contribution in [3.8, 4) is 0 Å². The third-order valence-electron chi connectivity index (χ3n) is 5.94. The fraction of sp³-hybridized carbons (Fsp3) is 0.429. The smallest absolute Gasteiger partial charge is 0.243 e. The molecule has 8 heteroatoms. The summed E-state index contributed by atoms with van der Waals surface area (Å²) in [5.74, 6) is -1.69. The van der Waals surface area contributed by atoms with Crippen LogP contribution >= 0.6 is 11.3 Å². The molecular formula is C21H24N2O4S2. The van der Waals surface area contributed by atoms with Crippen LogP contribution in [0.5, 0.6) is 0 Å². The maximum Gasteiger partial charge on any atom is 0.243 e. The van der Waals surface area contributed by atoms with E-state index in [9.17, 15) is 18.0 Å². The van der Waals surface area contributed by atoms with Gasteiger partial charge >= 0.3 is 0 Å².